The number of benzene rings is 2. The van der Waals surface area contributed by atoms with Crippen LogP contribution in [0.1, 0.15) is 42.3 Å². The first kappa shape index (κ1) is 26.9. The third-order valence-corrected chi connectivity index (χ3v) is 6.77. The highest BCUT2D eigenvalue weighted by molar-refractivity contribution is 7.91. The van der Waals surface area contributed by atoms with E-state index in [9.17, 15) is 13.2 Å². The van der Waals surface area contributed by atoms with E-state index in [0.29, 0.717) is 22.7 Å². The number of para-hydroxylation sites is 1. The van der Waals surface area contributed by atoms with Gasteiger partial charge >= 0.3 is 10.2 Å². The fourth-order valence-corrected chi connectivity index (χ4v) is 4.92. The van der Waals surface area contributed by atoms with Crippen molar-refractivity contribution in [3.8, 4) is 5.75 Å². The van der Waals surface area contributed by atoms with Crippen LogP contribution in [0.15, 0.2) is 65.2 Å². The molecule has 11 nitrogen and oxygen atoms in total. The molecule has 0 bridgehead atoms. The number of carbonyl (C=O) groups excluding carboxylic acids is 1. The van der Waals surface area contributed by atoms with Gasteiger partial charge in [0.15, 0.2) is 5.84 Å². The number of hydrogen-bond donors (Lipinski definition) is 4. The number of nitrogens with two attached hydrogens (primary N) is 1. The smallest absolute Gasteiger partial charge is 0.344 e. The van der Waals surface area contributed by atoms with Crippen LogP contribution in [0.25, 0.3) is 0 Å². The van der Waals surface area contributed by atoms with Crippen LogP contribution in [0, 0.1) is 0 Å². The van der Waals surface area contributed by atoms with Gasteiger partial charge in [-0.3, -0.25) is 14.5 Å². The van der Waals surface area contributed by atoms with Gasteiger partial charge in [-0.2, -0.15) is 8.42 Å². The number of nitrogens with one attached hydrogen (secondary N) is 3. The summed E-state index contributed by atoms with van der Waals surface area (Å²) in [6.07, 6.45) is 2.43. The van der Waals surface area contributed by atoms with E-state index >= 15 is 0 Å². The Bertz CT molecular complexity index is 1490. The number of carbonyl (C=O) groups is 1. The van der Waals surface area contributed by atoms with Crippen LogP contribution in [-0.2, 0) is 16.6 Å². The van der Waals surface area contributed by atoms with Crippen molar-refractivity contribution < 1.29 is 17.9 Å². The van der Waals surface area contributed by atoms with Crippen LogP contribution in [-0.4, -0.2) is 44.3 Å². The molecular formula is C26H31N7O4S. The highest BCUT2D eigenvalue weighted by Crippen LogP contribution is 2.31. The zero-order valence-corrected chi connectivity index (χ0v) is 22.5. The fraction of sp³-hybridized carbons (Fsp3) is 0.269. The molecule has 1 aromatic heterocycles. The molecule has 0 saturated carbocycles. The van der Waals surface area contributed by atoms with Crippen molar-refractivity contribution in [3.05, 3.63) is 77.5 Å². The largest absolute Gasteiger partial charge is 0.490 e. The molecule has 0 unspecified atom stereocenters. The molecule has 2 aromatic carbocycles. The van der Waals surface area contributed by atoms with Gasteiger partial charge in [0.2, 0.25) is 0 Å². The van der Waals surface area contributed by atoms with Gasteiger partial charge in [0, 0.05) is 18.8 Å². The maximum Gasteiger partial charge on any atom is 0.344 e. The summed E-state index contributed by atoms with van der Waals surface area (Å²) in [5, 5.41) is 4.83. The summed E-state index contributed by atoms with van der Waals surface area (Å²) < 4.78 is 35.5. The van der Waals surface area contributed by atoms with Crippen LogP contribution in [0.5, 0.6) is 5.75 Å². The van der Waals surface area contributed by atoms with E-state index in [1.807, 2.05) is 37.1 Å². The quantitative estimate of drug-likeness (QED) is 0.304. The van der Waals surface area contributed by atoms with Gasteiger partial charge < -0.3 is 15.8 Å². The summed E-state index contributed by atoms with van der Waals surface area (Å²) in [7, 11) is -2.10. The van der Waals surface area contributed by atoms with Gasteiger partial charge in [-0.1, -0.05) is 31.2 Å². The number of hydrogen-bond acceptors (Lipinski definition) is 8. The number of ether oxygens (including phenoxy) is 1. The van der Waals surface area contributed by atoms with E-state index in [0.717, 1.165) is 17.7 Å². The summed E-state index contributed by atoms with van der Waals surface area (Å²) in [5.74, 6) is 0.451. The Kier molecular flexibility index (Phi) is 7.56. The lowest BCUT2D eigenvalue weighted by Crippen LogP contribution is -2.48. The lowest BCUT2D eigenvalue weighted by molar-refractivity contribution is 0.0880. The Morgan fingerprint density at radius 2 is 1.92 bits per heavy atom. The molecule has 0 radical (unpaired) electrons. The molecule has 1 aliphatic rings. The monoisotopic (exact) mass is 537 g/mol. The maximum absolute atomic E-state index is 13.2. The van der Waals surface area contributed by atoms with Gasteiger partial charge in [0.05, 0.1) is 22.5 Å². The van der Waals surface area contributed by atoms with Crippen LogP contribution in [0.2, 0.25) is 0 Å². The van der Waals surface area contributed by atoms with E-state index in [4.69, 9.17) is 10.5 Å². The molecule has 4 rings (SSSR count). The third kappa shape index (κ3) is 5.87. The first-order chi connectivity index (χ1) is 18.0. The lowest BCUT2D eigenvalue weighted by atomic mass is 10.1. The Labute approximate surface area is 222 Å². The average molecular weight is 538 g/mol. The number of amides is 1. The van der Waals surface area contributed by atoms with Gasteiger partial charge in [-0.05, 0) is 56.2 Å². The maximum atomic E-state index is 13.2. The minimum Gasteiger partial charge on any atom is -0.490 e. The molecule has 0 aliphatic carbocycles. The number of amidine groups is 1. The number of aromatic nitrogens is 1. The van der Waals surface area contributed by atoms with Crippen molar-refractivity contribution in [2.24, 2.45) is 10.1 Å². The summed E-state index contributed by atoms with van der Waals surface area (Å²) in [6.45, 7) is 5.80. The molecule has 3 aromatic rings. The molecule has 12 heteroatoms. The molecule has 0 spiro atoms. The molecule has 5 N–H and O–H groups in total. The molecule has 200 valence electrons. The summed E-state index contributed by atoms with van der Waals surface area (Å²) in [5.41, 5.74) is 11.4. The van der Waals surface area contributed by atoms with Gasteiger partial charge in [-0.15, -0.1) is 4.40 Å². The highest BCUT2D eigenvalue weighted by Gasteiger charge is 2.27. The lowest BCUT2D eigenvalue weighted by Gasteiger charge is -2.28. The van der Waals surface area contributed by atoms with Gasteiger partial charge in [-0.25, -0.2) is 10.4 Å². The second-order valence-corrected chi connectivity index (χ2v) is 10.6. The molecule has 2 heterocycles. The number of hydrazine groups is 1. The predicted octanol–water partition coefficient (Wildman–Crippen LogP) is 2.88. The zero-order valence-electron chi connectivity index (χ0n) is 21.6. The summed E-state index contributed by atoms with van der Waals surface area (Å²) in [6, 6.07) is 16.2. The molecular weight excluding hydrogens is 506 g/mol. The second-order valence-electron chi connectivity index (χ2n) is 9.30. The number of fused-ring (bicyclic) bond motifs is 1. The molecule has 0 atom stereocenters. The van der Waals surface area contributed by atoms with Gasteiger partial charge in [0.25, 0.3) is 5.91 Å². The molecule has 1 amide bonds. The fourth-order valence-electron chi connectivity index (χ4n) is 4.08. The first-order valence-electron chi connectivity index (χ1n) is 12.0. The van der Waals surface area contributed by atoms with Crippen molar-refractivity contribution in [2.45, 2.75) is 32.7 Å². The molecule has 0 fully saturated rings. The minimum atomic E-state index is -3.90. The summed E-state index contributed by atoms with van der Waals surface area (Å²) in [4.78, 5) is 17.7. The van der Waals surface area contributed by atoms with E-state index < -0.39 is 15.7 Å². The van der Waals surface area contributed by atoms with Crippen molar-refractivity contribution in [2.75, 3.05) is 23.4 Å². The Balaban J connectivity index is 1.49. The van der Waals surface area contributed by atoms with Crippen LogP contribution >= 0.6 is 0 Å². The van der Waals surface area contributed by atoms with Crippen LogP contribution < -0.4 is 30.9 Å². The summed E-state index contributed by atoms with van der Waals surface area (Å²) >= 11 is 0. The van der Waals surface area contributed by atoms with E-state index in [1.54, 1.807) is 43.6 Å². The normalized spacial score (nSPS) is 14.1. The minimum absolute atomic E-state index is 0.0830. The Morgan fingerprint density at radius 3 is 2.66 bits per heavy atom. The SMILES string of the molecule is CCc1ccccc1N(NC)c1cc(C(=O)NC(C)(C)COc2cccc3c2C(N)=NS(=O)(=O)N3)ccn1. The van der Waals surface area contributed by atoms with Crippen molar-refractivity contribution in [1.29, 1.82) is 0 Å². The Hall–Kier alpha value is -4.16. The van der Waals surface area contributed by atoms with Crippen molar-refractivity contribution in [3.63, 3.8) is 0 Å². The standard InChI is InChI=1S/C26H31N7O4S/c1-5-17-9-6-7-11-20(17)33(28-4)22-15-18(13-14-29-22)25(34)30-26(2,3)16-37-21-12-8-10-19-23(21)24(27)32-38(35,36)31-19/h6-15,28,31H,5,16H2,1-4H3,(H2,27,32)(H,30,34). The number of anilines is 3. The number of aryl methyl sites for hydroxylation is 1. The number of nitrogens with zero attached hydrogens (tertiary/aromatic N) is 3. The third-order valence-electron chi connectivity index (χ3n) is 5.85. The van der Waals surface area contributed by atoms with E-state index in [1.165, 1.54) is 0 Å². The molecule has 0 saturated heterocycles. The first-order valence-corrected chi connectivity index (χ1v) is 13.5. The molecule has 38 heavy (non-hydrogen) atoms. The Morgan fingerprint density at radius 1 is 1.16 bits per heavy atom. The number of rotatable bonds is 9. The van der Waals surface area contributed by atoms with Crippen molar-refractivity contribution in [1.82, 2.24) is 15.7 Å². The predicted molar refractivity (Wildman–Crippen MR) is 148 cm³/mol. The number of pyridine rings is 1. The average Bonchev–Trinajstić information content (AvgIpc) is 2.87. The van der Waals surface area contributed by atoms with Crippen molar-refractivity contribution >= 4 is 39.1 Å². The topological polar surface area (TPSA) is 151 Å². The zero-order chi connectivity index (χ0) is 27.5. The molecule has 1 aliphatic heterocycles. The second kappa shape index (κ2) is 10.7. The van der Waals surface area contributed by atoms with Gasteiger partial charge in [0.1, 0.15) is 18.2 Å². The van der Waals surface area contributed by atoms with E-state index in [2.05, 4.69) is 37.8 Å². The van der Waals surface area contributed by atoms with Crippen LogP contribution in [0.4, 0.5) is 17.2 Å². The van der Waals surface area contributed by atoms with E-state index in [-0.39, 0.29) is 24.0 Å². The highest BCUT2D eigenvalue weighted by atomic mass is 32.2. The van der Waals surface area contributed by atoms with Crippen LogP contribution in [0.3, 0.4) is 0 Å².